The molecule has 0 aromatic heterocycles. The Labute approximate surface area is 131 Å². The zero-order chi connectivity index (χ0) is 15.4. The normalized spacial score (nSPS) is 15.7. The number of nitrogens with one attached hydrogen (secondary N) is 2. The number of halogens is 1. The molecule has 1 aliphatic rings. The smallest absolute Gasteiger partial charge is 0.274 e. The van der Waals surface area contributed by atoms with Crippen molar-refractivity contribution in [3.63, 3.8) is 0 Å². The maximum atomic E-state index is 12.0. The average Bonchev–Trinajstić information content (AvgIpc) is 2.42. The molecule has 1 aromatic carbocycles. The molecule has 1 heterocycles. The highest BCUT2D eigenvalue weighted by atomic mass is 79.9. The van der Waals surface area contributed by atoms with E-state index >= 15 is 0 Å². The summed E-state index contributed by atoms with van der Waals surface area (Å²) < 4.78 is 0.638. The first kappa shape index (κ1) is 15.9. The Bertz CT molecular complexity index is 559. The van der Waals surface area contributed by atoms with Gasteiger partial charge < -0.3 is 10.6 Å². The maximum absolute atomic E-state index is 12.0. The third kappa shape index (κ3) is 4.23. The zero-order valence-corrected chi connectivity index (χ0v) is 13.3. The van der Waals surface area contributed by atoms with Crippen molar-refractivity contribution in [2.45, 2.75) is 6.92 Å². The summed E-state index contributed by atoms with van der Waals surface area (Å²) in [7, 11) is 0. The summed E-state index contributed by atoms with van der Waals surface area (Å²) in [6, 6.07) is 3.02. The zero-order valence-electron chi connectivity index (χ0n) is 11.7. The van der Waals surface area contributed by atoms with E-state index in [4.69, 9.17) is 0 Å². The molecule has 1 aliphatic heterocycles. The van der Waals surface area contributed by atoms with Crippen LogP contribution in [0.5, 0.6) is 0 Å². The van der Waals surface area contributed by atoms with E-state index in [1.165, 1.54) is 6.07 Å². The minimum atomic E-state index is -0.451. The van der Waals surface area contributed by atoms with E-state index in [9.17, 15) is 14.9 Å². The monoisotopic (exact) mass is 356 g/mol. The van der Waals surface area contributed by atoms with Gasteiger partial charge in [-0.25, -0.2) is 0 Å². The van der Waals surface area contributed by atoms with Gasteiger partial charge in [0.25, 0.3) is 5.69 Å². The van der Waals surface area contributed by atoms with Crippen LogP contribution in [0.3, 0.4) is 0 Å². The number of piperazine rings is 1. The number of amides is 1. The summed E-state index contributed by atoms with van der Waals surface area (Å²) in [6.07, 6.45) is 0. The number of nitro groups is 1. The molecule has 7 nitrogen and oxygen atoms in total. The highest BCUT2D eigenvalue weighted by molar-refractivity contribution is 9.10. The van der Waals surface area contributed by atoms with Gasteiger partial charge in [-0.15, -0.1) is 0 Å². The maximum Gasteiger partial charge on any atom is 0.274 e. The molecule has 21 heavy (non-hydrogen) atoms. The molecule has 1 fully saturated rings. The molecule has 0 radical (unpaired) electrons. The molecular formula is C13H17BrN4O3. The van der Waals surface area contributed by atoms with E-state index in [0.717, 1.165) is 26.2 Å². The summed E-state index contributed by atoms with van der Waals surface area (Å²) in [5.74, 6) is -0.171. The molecule has 2 N–H and O–H groups in total. The van der Waals surface area contributed by atoms with Crippen LogP contribution in [-0.2, 0) is 4.79 Å². The van der Waals surface area contributed by atoms with Crippen LogP contribution in [-0.4, -0.2) is 48.5 Å². The van der Waals surface area contributed by atoms with Crippen molar-refractivity contribution in [2.75, 3.05) is 38.0 Å². The molecule has 0 saturated carbocycles. The van der Waals surface area contributed by atoms with E-state index in [2.05, 4.69) is 26.6 Å². The molecule has 1 aromatic rings. The van der Waals surface area contributed by atoms with Crippen molar-refractivity contribution in [3.05, 3.63) is 32.3 Å². The third-order valence-electron chi connectivity index (χ3n) is 3.33. The number of aryl methyl sites for hydroxylation is 1. The van der Waals surface area contributed by atoms with Crippen LogP contribution in [0.15, 0.2) is 16.6 Å². The predicted octanol–water partition coefficient (Wildman–Crippen LogP) is 1.51. The predicted molar refractivity (Wildman–Crippen MR) is 83.5 cm³/mol. The third-order valence-corrected chi connectivity index (χ3v) is 3.99. The van der Waals surface area contributed by atoms with Gasteiger partial charge in [-0.05, 0) is 28.9 Å². The minimum Gasteiger partial charge on any atom is -0.324 e. The molecule has 0 unspecified atom stereocenters. The van der Waals surface area contributed by atoms with E-state index in [-0.39, 0.29) is 18.1 Å². The summed E-state index contributed by atoms with van der Waals surface area (Å²) >= 11 is 3.32. The van der Waals surface area contributed by atoms with Crippen LogP contribution in [0.1, 0.15) is 5.56 Å². The topological polar surface area (TPSA) is 87.5 Å². The van der Waals surface area contributed by atoms with E-state index in [1.54, 1.807) is 13.0 Å². The second kappa shape index (κ2) is 6.97. The van der Waals surface area contributed by atoms with Crippen LogP contribution >= 0.6 is 15.9 Å². The van der Waals surface area contributed by atoms with Crippen molar-refractivity contribution in [1.82, 2.24) is 10.2 Å². The van der Waals surface area contributed by atoms with Crippen LogP contribution in [0.25, 0.3) is 0 Å². The largest absolute Gasteiger partial charge is 0.324 e. The quantitative estimate of drug-likeness (QED) is 0.630. The van der Waals surface area contributed by atoms with Gasteiger partial charge in [0, 0.05) is 42.3 Å². The number of hydrogen-bond acceptors (Lipinski definition) is 5. The molecule has 114 valence electrons. The fourth-order valence-corrected chi connectivity index (χ4v) is 2.77. The Kier molecular flexibility index (Phi) is 5.27. The average molecular weight is 357 g/mol. The summed E-state index contributed by atoms with van der Waals surface area (Å²) in [6.45, 7) is 5.33. The highest BCUT2D eigenvalue weighted by Crippen LogP contribution is 2.30. The molecule has 0 spiro atoms. The molecule has 1 saturated heterocycles. The van der Waals surface area contributed by atoms with Crippen molar-refractivity contribution >= 4 is 33.2 Å². The standard InChI is InChI=1S/C13H17BrN4O3/c1-9-6-10(14)11(7-12(9)18(20)21)16-13(19)8-17-4-2-15-3-5-17/h6-7,15H,2-5,8H2,1H3,(H,16,19). The molecule has 2 rings (SSSR count). The molecule has 1 amide bonds. The minimum absolute atomic E-state index is 0.00401. The van der Waals surface area contributed by atoms with Crippen LogP contribution in [0.2, 0.25) is 0 Å². The number of rotatable bonds is 4. The van der Waals surface area contributed by atoms with Crippen molar-refractivity contribution in [1.29, 1.82) is 0 Å². The first-order valence-corrected chi connectivity index (χ1v) is 7.44. The van der Waals surface area contributed by atoms with E-state index in [1.807, 2.05) is 4.90 Å². The van der Waals surface area contributed by atoms with Crippen molar-refractivity contribution in [3.8, 4) is 0 Å². The number of nitro benzene ring substituents is 1. The van der Waals surface area contributed by atoms with Gasteiger partial charge in [0.15, 0.2) is 0 Å². The first-order valence-electron chi connectivity index (χ1n) is 6.65. The Morgan fingerprint density at radius 1 is 1.48 bits per heavy atom. The SMILES string of the molecule is Cc1cc(Br)c(NC(=O)CN2CCNCC2)cc1[N+](=O)[O-]. The number of hydrogen-bond donors (Lipinski definition) is 2. The second-order valence-corrected chi connectivity index (χ2v) is 5.80. The van der Waals surface area contributed by atoms with E-state index in [0.29, 0.717) is 15.7 Å². The van der Waals surface area contributed by atoms with Gasteiger partial charge in [-0.2, -0.15) is 0 Å². The lowest BCUT2D eigenvalue weighted by Crippen LogP contribution is -2.46. The summed E-state index contributed by atoms with van der Waals surface area (Å²) in [4.78, 5) is 24.6. The lowest BCUT2D eigenvalue weighted by molar-refractivity contribution is -0.385. The lowest BCUT2D eigenvalue weighted by atomic mass is 10.2. The Morgan fingerprint density at radius 2 is 2.14 bits per heavy atom. The van der Waals surface area contributed by atoms with Gasteiger partial charge in [-0.1, -0.05) is 0 Å². The van der Waals surface area contributed by atoms with E-state index < -0.39 is 4.92 Å². The molecule has 0 atom stereocenters. The Balaban J connectivity index is 2.06. The van der Waals surface area contributed by atoms with Crippen molar-refractivity contribution < 1.29 is 9.72 Å². The molecule has 0 aliphatic carbocycles. The Morgan fingerprint density at radius 3 is 2.76 bits per heavy atom. The number of carbonyl (C=O) groups excluding carboxylic acids is 1. The number of anilines is 1. The molecule has 0 bridgehead atoms. The van der Waals surface area contributed by atoms with Gasteiger partial charge >= 0.3 is 0 Å². The first-order chi connectivity index (χ1) is 9.97. The summed E-state index contributed by atoms with van der Waals surface area (Å²) in [5, 5.41) is 16.9. The highest BCUT2D eigenvalue weighted by Gasteiger charge is 2.18. The van der Waals surface area contributed by atoms with Crippen LogP contribution in [0, 0.1) is 17.0 Å². The van der Waals surface area contributed by atoms with Crippen molar-refractivity contribution in [2.24, 2.45) is 0 Å². The molecular weight excluding hydrogens is 340 g/mol. The number of nitrogens with zero attached hydrogens (tertiary/aromatic N) is 2. The van der Waals surface area contributed by atoms with Crippen LogP contribution < -0.4 is 10.6 Å². The van der Waals surface area contributed by atoms with Gasteiger partial charge in [0.2, 0.25) is 5.91 Å². The fourth-order valence-electron chi connectivity index (χ4n) is 2.22. The second-order valence-electron chi connectivity index (χ2n) is 4.95. The summed E-state index contributed by atoms with van der Waals surface area (Å²) in [5.41, 5.74) is 0.968. The lowest BCUT2D eigenvalue weighted by Gasteiger charge is -2.26. The number of carbonyl (C=O) groups is 1. The fraction of sp³-hybridized carbons (Fsp3) is 0.462. The Hall–Kier alpha value is -1.51. The van der Waals surface area contributed by atoms with Crippen LogP contribution in [0.4, 0.5) is 11.4 Å². The van der Waals surface area contributed by atoms with Gasteiger partial charge in [0.05, 0.1) is 17.2 Å². The number of benzene rings is 1. The van der Waals surface area contributed by atoms with Gasteiger partial charge in [-0.3, -0.25) is 19.8 Å². The van der Waals surface area contributed by atoms with Gasteiger partial charge in [0.1, 0.15) is 0 Å². The molecule has 8 heteroatoms.